The molecule has 0 saturated heterocycles. The minimum atomic E-state index is -0.704. The number of fused-ring (bicyclic) bond motifs is 1. The van der Waals surface area contributed by atoms with Crippen molar-refractivity contribution in [3.05, 3.63) is 58.1 Å². The Hall–Kier alpha value is -2.79. The third-order valence-corrected chi connectivity index (χ3v) is 3.81. The highest BCUT2D eigenvalue weighted by Gasteiger charge is 2.30. The van der Waals surface area contributed by atoms with Gasteiger partial charge in [-0.25, -0.2) is 4.79 Å². The van der Waals surface area contributed by atoms with Crippen LogP contribution >= 0.6 is 11.6 Å². The van der Waals surface area contributed by atoms with E-state index < -0.39 is 11.8 Å². The average molecular weight is 345 g/mol. The summed E-state index contributed by atoms with van der Waals surface area (Å²) in [5.74, 6) is 0.114. The van der Waals surface area contributed by atoms with Crippen molar-refractivity contribution < 1.29 is 23.8 Å². The van der Waals surface area contributed by atoms with E-state index in [0.29, 0.717) is 22.1 Å². The molecule has 0 fully saturated rings. The molecule has 3 rings (SSSR count). The first-order valence-electron chi connectivity index (χ1n) is 7.03. The van der Waals surface area contributed by atoms with Crippen LogP contribution in [0.15, 0.2) is 42.0 Å². The van der Waals surface area contributed by atoms with Crippen LogP contribution in [0.4, 0.5) is 0 Å². The molecule has 122 valence electrons. The van der Waals surface area contributed by atoms with Gasteiger partial charge in [0.15, 0.2) is 11.5 Å². The van der Waals surface area contributed by atoms with E-state index >= 15 is 0 Å². The number of Topliss-reactive ketones (excluding diaryl/α,β-unsaturated/α-hetero) is 1. The van der Waals surface area contributed by atoms with Gasteiger partial charge in [0.05, 0.1) is 19.8 Å². The van der Waals surface area contributed by atoms with E-state index in [0.717, 1.165) is 0 Å². The molecule has 5 nitrogen and oxygen atoms in total. The van der Waals surface area contributed by atoms with Crippen molar-refractivity contribution in [1.29, 1.82) is 0 Å². The molecule has 24 heavy (non-hydrogen) atoms. The van der Waals surface area contributed by atoms with Gasteiger partial charge in [-0.3, -0.25) is 4.79 Å². The van der Waals surface area contributed by atoms with E-state index in [9.17, 15) is 9.59 Å². The molecule has 1 heterocycles. The van der Waals surface area contributed by atoms with Gasteiger partial charge >= 0.3 is 5.97 Å². The number of hydrogen-bond donors (Lipinski definition) is 0. The molecule has 0 spiro atoms. The minimum Gasteiger partial charge on any atom is -0.493 e. The van der Waals surface area contributed by atoms with E-state index in [1.165, 1.54) is 32.4 Å². The fourth-order valence-electron chi connectivity index (χ4n) is 2.40. The minimum absolute atomic E-state index is 0.0722. The SMILES string of the molecule is COc1ccc(/C=C2\C(=O)Oc3ccc(Cl)cc3C2=O)cc1OC. The Morgan fingerprint density at radius 3 is 2.46 bits per heavy atom. The summed E-state index contributed by atoms with van der Waals surface area (Å²) in [5, 5.41) is 0.394. The van der Waals surface area contributed by atoms with E-state index in [2.05, 4.69) is 0 Å². The molecule has 0 aromatic heterocycles. The van der Waals surface area contributed by atoms with Crippen LogP contribution in [0.1, 0.15) is 15.9 Å². The van der Waals surface area contributed by atoms with E-state index in [1.54, 1.807) is 24.3 Å². The molecule has 0 N–H and O–H groups in total. The molecule has 0 aliphatic carbocycles. The predicted octanol–water partition coefficient (Wildman–Crippen LogP) is 3.54. The highest BCUT2D eigenvalue weighted by atomic mass is 35.5. The third kappa shape index (κ3) is 2.86. The van der Waals surface area contributed by atoms with Crippen LogP contribution in [-0.2, 0) is 4.79 Å². The number of benzene rings is 2. The fourth-order valence-corrected chi connectivity index (χ4v) is 2.57. The third-order valence-electron chi connectivity index (χ3n) is 3.57. The van der Waals surface area contributed by atoms with Gasteiger partial charge in [0.1, 0.15) is 11.3 Å². The highest BCUT2D eigenvalue weighted by molar-refractivity contribution is 6.33. The molecule has 2 aromatic rings. The Morgan fingerprint density at radius 1 is 1.00 bits per heavy atom. The second-order valence-electron chi connectivity index (χ2n) is 5.03. The second-order valence-corrected chi connectivity index (χ2v) is 5.47. The van der Waals surface area contributed by atoms with Gasteiger partial charge in [-0.2, -0.15) is 0 Å². The molecule has 0 amide bonds. The number of ketones is 1. The van der Waals surface area contributed by atoms with Crippen molar-refractivity contribution >= 4 is 29.4 Å². The van der Waals surface area contributed by atoms with Gasteiger partial charge in [0.2, 0.25) is 5.78 Å². The maximum atomic E-state index is 12.6. The molecular formula is C18H13ClO5. The van der Waals surface area contributed by atoms with Crippen molar-refractivity contribution in [2.75, 3.05) is 14.2 Å². The molecule has 2 aromatic carbocycles. The summed E-state index contributed by atoms with van der Waals surface area (Å²) in [7, 11) is 3.03. The second kappa shape index (κ2) is 6.37. The number of methoxy groups -OCH3 is 2. The molecular weight excluding hydrogens is 332 g/mol. The number of ether oxygens (including phenoxy) is 3. The van der Waals surface area contributed by atoms with Gasteiger partial charge in [0, 0.05) is 5.02 Å². The first-order chi connectivity index (χ1) is 11.5. The van der Waals surface area contributed by atoms with E-state index in [4.69, 9.17) is 25.8 Å². The first kappa shape index (κ1) is 16.1. The zero-order valence-electron chi connectivity index (χ0n) is 13.0. The van der Waals surface area contributed by atoms with Crippen LogP contribution < -0.4 is 14.2 Å². The fraction of sp³-hybridized carbons (Fsp3) is 0.111. The smallest absolute Gasteiger partial charge is 0.347 e. The number of halogens is 1. The monoisotopic (exact) mass is 344 g/mol. The average Bonchev–Trinajstić information content (AvgIpc) is 2.59. The maximum absolute atomic E-state index is 12.6. The zero-order chi connectivity index (χ0) is 17.3. The summed E-state index contributed by atoms with van der Waals surface area (Å²) < 4.78 is 15.6. The number of carbonyl (C=O) groups is 2. The standard InChI is InChI=1S/C18H13ClO5/c1-22-15-5-3-10(8-16(15)23-2)7-13-17(20)12-9-11(19)4-6-14(12)24-18(13)21/h3-9H,1-2H3/b13-7-. The molecule has 0 atom stereocenters. The lowest BCUT2D eigenvalue weighted by molar-refractivity contribution is -0.130. The summed E-state index contributed by atoms with van der Waals surface area (Å²) in [4.78, 5) is 24.7. The van der Waals surface area contributed by atoms with Gasteiger partial charge in [-0.15, -0.1) is 0 Å². The normalized spacial score (nSPS) is 15.0. The number of rotatable bonds is 3. The lowest BCUT2D eigenvalue weighted by atomic mass is 9.98. The number of esters is 1. The number of carbonyl (C=O) groups excluding carboxylic acids is 2. The molecule has 0 unspecified atom stereocenters. The lowest BCUT2D eigenvalue weighted by Crippen LogP contribution is -2.25. The Bertz CT molecular complexity index is 870. The Morgan fingerprint density at radius 2 is 1.75 bits per heavy atom. The van der Waals surface area contributed by atoms with E-state index in [-0.39, 0.29) is 16.9 Å². The first-order valence-corrected chi connectivity index (χ1v) is 7.41. The van der Waals surface area contributed by atoms with Gasteiger partial charge < -0.3 is 14.2 Å². The van der Waals surface area contributed by atoms with Gasteiger partial charge in [0.25, 0.3) is 0 Å². The van der Waals surface area contributed by atoms with Crippen LogP contribution in [0.5, 0.6) is 17.2 Å². The topological polar surface area (TPSA) is 61.8 Å². The van der Waals surface area contributed by atoms with Crippen molar-refractivity contribution in [3.8, 4) is 17.2 Å². The maximum Gasteiger partial charge on any atom is 0.347 e. The molecule has 1 aliphatic heterocycles. The molecule has 1 aliphatic rings. The Balaban J connectivity index is 2.04. The van der Waals surface area contributed by atoms with Gasteiger partial charge in [-0.05, 0) is 42.0 Å². The van der Waals surface area contributed by atoms with Crippen molar-refractivity contribution in [3.63, 3.8) is 0 Å². The predicted molar refractivity (Wildman–Crippen MR) is 88.9 cm³/mol. The largest absolute Gasteiger partial charge is 0.493 e. The van der Waals surface area contributed by atoms with Crippen LogP contribution in [0.3, 0.4) is 0 Å². The summed E-state index contributed by atoms with van der Waals surface area (Å²) in [5.41, 5.74) is 0.796. The van der Waals surface area contributed by atoms with Gasteiger partial charge in [-0.1, -0.05) is 17.7 Å². The lowest BCUT2D eigenvalue weighted by Gasteiger charge is -2.17. The summed E-state index contributed by atoms with van der Waals surface area (Å²) >= 11 is 5.92. The van der Waals surface area contributed by atoms with Crippen molar-refractivity contribution in [2.24, 2.45) is 0 Å². The zero-order valence-corrected chi connectivity index (χ0v) is 13.7. The Labute approximate surface area is 143 Å². The van der Waals surface area contributed by atoms with Crippen molar-refractivity contribution in [2.45, 2.75) is 0 Å². The summed E-state index contributed by atoms with van der Waals surface area (Å²) in [6.07, 6.45) is 1.45. The van der Waals surface area contributed by atoms with Crippen LogP contribution in [0.2, 0.25) is 5.02 Å². The summed E-state index contributed by atoms with van der Waals surface area (Å²) in [6, 6.07) is 9.61. The molecule has 6 heteroatoms. The Kier molecular flexibility index (Phi) is 4.27. The van der Waals surface area contributed by atoms with Crippen LogP contribution in [0, 0.1) is 0 Å². The highest BCUT2D eigenvalue weighted by Crippen LogP contribution is 2.32. The summed E-state index contributed by atoms with van der Waals surface area (Å²) in [6.45, 7) is 0. The van der Waals surface area contributed by atoms with Crippen molar-refractivity contribution in [1.82, 2.24) is 0 Å². The van der Waals surface area contributed by atoms with E-state index in [1.807, 2.05) is 0 Å². The number of hydrogen-bond acceptors (Lipinski definition) is 5. The van der Waals surface area contributed by atoms with Crippen LogP contribution in [-0.4, -0.2) is 26.0 Å². The molecule has 0 radical (unpaired) electrons. The quantitative estimate of drug-likeness (QED) is 0.369. The molecule has 0 bridgehead atoms. The molecule has 0 saturated carbocycles. The van der Waals surface area contributed by atoms with Crippen LogP contribution in [0.25, 0.3) is 6.08 Å².